The molecule has 0 saturated carbocycles. The Morgan fingerprint density at radius 1 is 0.381 bits per heavy atom. The predicted octanol–water partition coefficient (Wildman–Crippen LogP) is 2.15. The van der Waals surface area contributed by atoms with Gasteiger partial charge in [-0.25, -0.2) is 0 Å². The van der Waals surface area contributed by atoms with E-state index < -0.39 is 7.92 Å². The number of benzene rings is 3. The summed E-state index contributed by atoms with van der Waals surface area (Å²) in [4.78, 5) is 0. The van der Waals surface area contributed by atoms with Crippen molar-refractivity contribution in [1.82, 2.24) is 0 Å². The van der Waals surface area contributed by atoms with Gasteiger partial charge in [0.15, 0.2) is 0 Å². The van der Waals surface area contributed by atoms with Crippen LogP contribution < -0.4 is 15.9 Å². The molecule has 3 heteroatoms. The van der Waals surface area contributed by atoms with Crippen molar-refractivity contribution in [1.29, 1.82) is 0 Å². The van der Waals surface area contributed by atoms with Gasteiger partial charge in [0, 0.05) is 0 Å². The van der Waals surface area contributed by atoms with E-state index in [1.54, 1.807) is 0 Å². The van der Waals surface area contributed by atoms with Crippen LogP contribution in [-0.2, 0) is 0 Å². The fraction of sp³-hybridized carbons (Fsp3) is 0. The quantitative estimate of drug-likeness (QED) is 0.514. The van der Waals surface area contributed by atoms with Gasteiger partial charge in [-0.3, -0.25) is 0 Å². The molecule has 96 valence electrons. The molecule has 0 unspecified atom stereocenters. The molecule has 0 bridgehead atoms. The SMILES string of the molecule is [NaH].[NaH].c1ccc(P(c2ccccc2)c2ccccc2)cc1. The first-order chi connectivity index (χ1) is 9.45. The first-order valence-corrected chi connectivity index (χ1v) is 7.74. The van der Waals surface area contributed by atoms with Crippen molar-refractivity contribution in [2.24, 2.45) is 0 Å². The molecule has 3 aromatic rings. The predicted molar refractivity (Wildman–Crippen MR) is 99.4 cm³/mol. The molecule has 0 aliphatic rings. The van der Waals surface area contributed by atoms with Crippen molar-refractivity contribution < 1.29 is 0 Å². The van der Waals surface area contributed by atoms with Gasteiger partial charge in [0.2, 0.25) is 0 Å². The molecular formula is C18H17Na2P. The van der Waals surface area contributed by atoms with Crippen molar-refractivity contribution in [3.8, 4) is 0 Å². The smallest absolute Gasteiger partial charge is 0.0134 e. The summed E-state index contributed by atoms with van der Waals surface area (Å²) in [5.41, 5.74) is 0. The molecule has 0 radical (unpaired) electrons. The van der Waals surface area contributed by atoms with Crippen molar-refractivity contribution in [3.05, 3.63) is 91.0 Å². The Balaban J connectivity index is 0.00000110. The van der Waals surface area contributed by atoms with Gasteiger partial charge in [-0.15, -0.1) is 0 Å². The molecule has 0 atom stereocenters. The topological polar surface area (TPSA) is 0 Å². The summed E-state index contributed by atoms with van der Waals surface area (Å²) in [5.74, 6) is 0. The molecule has 0 aromatic heterocycles. The maximum atomic E-state index is 2.23. The van der Waals surface area contributed by atoms with Crippen molar-refractivity contribution in [2.45, 2.75) is 0 Å². The average Bonchev–Trinajstić information content (AvgIpc) is 2.51. The van der Waals surface area contributed by atoms with E-state index in [1.165, 1.54) is 15.9 Å². The Labute approximate surface area is 172 Å². The van der Waals surface area contributed by atoms with Crippen LogP contribution in [0.5, 0.6) is 0 Å². The average molecular weight is 310 g/mol. The monoisotopic (exact) mass is 310 g/mol. The minimum atomic E-state index is -0.446. The van der Waals surface area contributed by atoms with E-state index in [2.05, 4.69) is 91.0 Å². The molecule has 0 amide bonds. The maximum Gasteiger partial charge on any atom is -0.0134 e. The molecule has 0 fully saturated rings. The molecule has 0 spiro atoms. The largest absolute Gasteiger partial charge is 0.0622 e. The number of rotatable bonds is 3. The van der Waals surface area contributed by atoms with Gasteiger partial charge in [0.25, 0.3) is 0 Å². The summed E-state index contributed by atoms with van der Waals surface area (Å²) in [7, 11) is -0.446. The summed E-state index contributed by atoms with van der Waals surface area (Å²) in [6.45, 7) is 0. The van der Waals surface area contributed by atoms with Crippen LogP contribution >= 0.6 is 7.92 Å². The molecule has 0 saturated heterocycles. The van der Waals surface area contributed by atoms with Crippen molar-refractivity contribution in [3.63, 3.8) is 0 Å². The minimum Gasteiger partial charge on any atom is -0.0622 e. The van der Waals surface area contributed by atoms with Crippen LogP contribution in [0.2, 0.25) is 0 Å². The molecular weight excluding hydrogens is 293 g/mol. The van der Waals surface area contributed by atoms with E-state index in [4.69, 9.17) is 0 Å². The molecule has 0 nitrogen and oxygen atoms in total. The van der Waals surface area contributed by atoms with Gasteiger partial charge in [0.1, 0.15) is 0 Å². The molecule has 0 N–H and O–H groups in total. The molecule has 3 aromatic carbocycles. The first kappa shape index (κ1) is 19.1. The van der Waals surface area contributed by atoms with Gasteiger partial charge >= 0.3 is 59.1 Å². The fourth-order valence-electron chi connectivity index (χ4n) is 2.18. The van der Waals surface area contributed by atoms with Crippen LogP contribution in [0, 0.1) is 0 Å². The fourth-order valence-corrected chi connectivity index (χ4v) is 4.48. The molecule has 0 aliphatic heterocycles. The minimum absolute atomic E-state index is 0. The number of hydrogen-bond donors (Lipinski definition) is 0. The third-order valence-electron chi connectivity index (χ3n) is 3.04. The summed E-state index contributed by atoms with van der Waals surface area (Å²) in [5, 5.41) is 4.19. The normalized spacial score (nSPS) is 9.57. The summed E-state index contributed by atoms with van der Waals surface area (Å²) in [6.07, 6.45) is 0. The third-order valence-corrected chi connectivity index (χ3v) is 5.49. The van der Waals surface area contributed by atoms with Crippen LogP contribution in [0.25, 0.3) is 0 Å². The van der Waals surface area contributed by atoms with Crippen LogP contribution in [0.3, 0.4) is 0 Å². The zero-order valence-electron chi connectivity index (χ0n) is 10.6. The summed E-state index contributed by atoms with van der Waals surface area (Å²) < 4.78 is 0. The number of hydrogen-bond acceptors (Lipinski definition) is 0. The van der Waals surface area contributed by atoms with E-state index >= 15 is 0 Å². The Morgan fingerprint density at radius 2 is 0.619 bits per heavy atom. The van der Waals surface area contributed by atoms with Gasteiger partial charge in [-0.2, -0.15) is 0 Å². The second-order valence-corrected chi connectivity index (χ2v) is 6.56. The van der Waals surface area contributed by atoms with Gasteiger partial charge in [0.05, 0.1) is 0 Å². The van der Waals surface area contributed by atoms with E-state index in [1.807, 2.05) is 0 Å². The van der Waals surface area contributed by atoms with E-state index in [0.29, 0.717) is 0 Å². The summed E-state index contributed by atoms with van der Waals surface area (Å²) in [6, 6.07) is 32.3. The van der Waals surface area contributed by atoms with Crippen LogP contribution in [0.4, 0.5) is 0 Å². The molecule has 21 heavy (non-hydrogen) atoms. The molecule has 0 aliphatic carbocycles. The van der Waals surface area contributed by atoms with Gasteiger partial charge in [-0.1, -0.05) is 91.0 Å². The standard InChI is InChI=1S/C18H15P.2Na.2H/c1-4-10-16(11-5-1)19(17-12-6-2-7-13-17)18-14-8-3-9-15-18;;;;/h1-15H;;;;. The second-order valence-electron chi connectivity index (χ2n) is 4.34. The van der Waals surface area contributed by atoms with Crippen molar-refractivity contribution in [2.75, 3.05) is 0 Å². The van der Waals surface area contributed by atoms with Crippen LogP contribution in [0.1, 0.15) is 0 Å². The zero-order chi connectivity index (χ0) is 12.9. The molecule has 3 rings (SSSR count). The van der Waals surface area contributed by atoms with Gasteiger partial charge in [-0.05, 0) is 23.8 Å². The Kier molecular flexibility index (Phi) is 9.09. The first-order valence-electron chi connectivity index (χ1n) is 6.40. The van der Waals surface area contributed by atoms with E-state index in [-0.39, 0.29) is 59.1 Å². The van der Waals surface area contributed by atoms with E-state index in [9.17, 15) is 0 Å². The summed E-state index contributed by atoms with van der Waals surface area (Å²) >= 11 is 0. The Morgan fingerprint density at radius 3 is 0.857 bits per heavy atom. The maximum absolute atomic E-state index is 2.23. The Bertz CT molecular complexity index is 533. The zero-order valence-corrected chi connectivity index (χ0v) is 11.5. The molecule has 0 heterocycles. The third kappa shape index (κ3) is 5.05. The van der Waals surface area contributed by atoms with Crippen LogP contribution in [0.15, 0.2) is 91.0 Å². The van der Waals surface area contributed by atoms with E-state index in [0.717, 1.165) is 0 Å². The van der Waals surface area contributed by atoms with Gasteiger partial charge < -0.3 is 0 Å². The van der Waals surface area contributed by atoms with Crippen molar-refractivity contribution >= 4 is 82.9 Å². The van der Waals surface area contributed by atoms with Crippen LogP contribution in [-0.4, -0.2) is 59.1 Å². The Hall–Kier alpha value is 0.0900. The second kappa shape index (κ2) is 9.98.